The number of para-hydroxylation sites is 1. The molecule has 0 bridgehead atoms. The summed E-state index contributed by atoms with van der Waals surface area (Å²) in [6, 6.07) is 6.99. The van der Waals surface area contributed by atoms with Crippen molar-refractivity contribution in [3.8, 4) is 0 Å². The molecule has 0 atom stereocenters. The van der Waals surface area contributed by atoms with Gasteiger partial charge in [0, 0.05) is 12.0 Å². The minimum Gasteiger partial charge on any atom is -0.361 e. The van der Waals surface area contributed by atoms with Crippen LogP contribution in [0, 0.1) is 0 Å². The minimum atomic E-state index is -0.422. The number of aromatic nitrogens is 3. The maximum atomic E-state index is 12.6. The third kappa shape index (κ3) is 2.26. The first kappa shape index (κ1) is 14.3. The number of rotatable bonds is 4. The summed E-state index contributed by atoms with van der Waals surface area (Å²) in [6.07, 6.45) is 1.36. The van der Waals surface area contributed by atoms with Crippen LogP contribution in [0.2, 0.25) is 0 Å². The zero-order valence-electron chi connectivity index (χ0n) is 12.5. The second kappa shape index (κ2) is 5.63. The van der Waals surface area contributed by atoms with Crippen molar-refractivity contribution in [3.05, 3.63) is 62.1 Å². The van der Waals surface area contributed by atoms with Gasteiger partial charge in [0.25, 0.3) is 5.56 Å². The Kier molecular flexibility index (Phi) is 3.66. The summed E-state index contributed by atoms with van der Waals surface area (Å²) in [5, 5.41) is 4.52. The highest BCUT2D eigenvalue weighted by atomic mass is 16.5. The zero-order valence-corrected chi connectivity index (χ0v) is 12.5. The highest BCUT2D eigenvalue weighted by molar-refractivity contribution is 5.76. The molecule has 0 spiro atoms. The number of hydrogen-bond acceptors (Lipinski definition) is 4. The van der Waals surface area contributed by atoms with Gasteiger partial charge < -0.3 is 9.51 Å². The number of aryl methyl sites for hydroxylation is 2. The molecule has 0 aliphatic rings. The molecule has 0 radical (unpaired) electrons. The highest BCUT2D eigenvalue weighted by Gasteiger charge is 2.16. The van der Waals surface area contributed by atoms with Gasteiger partial charge in [0.15, 0.2) is 0 Å². The lowest BCUT2D eigenvalue weighted by Gasteiger charge is -2.07. The van der Waals surface area contributed by atoms with E-state index >= 15 is 0 Å². The molecular weight excluding hydrogens is 282 g/mol. The van der Waals surface area contributed by atoms with Crippen LogP contribution in [0.3, 0.4) is 0 Å². The Labute approximate surface area is 126 Å². The Morgan fingerprint density at radius 1 is 1.18 bits per heavy atom. The zero-order chi connectivity index (χ0) is 15.7. The fraction of sp³-hybridized carbons (Fsp3) is 0.312. The van der Waals surface area contributed by atoms with Crippen molar-refractivity contribution in [3.63, 3.8) is 0 Å². The summed E-state index contributed by atoms with van der Waals surface area (Å²) in [5.41, 5.74) is 1.44. The summed E-state index contributed by atoms with van der Waals surface area (Å²) >= 11 is 0. The molecule has 6 nitrogen and oxygen atoms in total. The Bertz CT molecular complexity index is 912. The summed E-state index contributed by atoms with van der Waals surface area (Å²) in [7, 11) is 0. The molecule has 0 aliphatic heterocycles. The van der Waals surface area contributed by atoms with Gasteiger partial charge in [-0.25, -0.2) is 4.79 Å². The highest BCUT2D eigenvalue weighted by Crippen LogP contribution is 2.16. The van der Waals surface area contributed by atoms with Gasteiger partial charge in [-0.1, -0.05) is 31.1 Å². The van der Waals surface area contributed by atoms with Crippen LogP contribution >= 0.6 is 0 Å². The SMILES string of the molecule is CCc1noc(CC)c1Cn1c(=O)[nH]c2ccccc2c1=O. The molecule has 0 saturated carbocycles. The third-order valence-corrected chi connectivity index (χ3v) is 3.81. The van der Waals surface area contributed by atoms with E-state index < -0.39 is 5.69 Å². The van der Waals surface area contributed by atoms with Gasteiger partial charge in [0.05, 0.1) is 23.1 Å². The van der Waals surface area contributed by atoms with Gasteiger partial charge in [-0.05, 0) is 18.6 Å². The standard InChI is InChI=1S/C16H17N3O3/c1-3-12-11(14(4-2)22-18-12)9-19-15(20)10-7-5-6-8-13(10)17-16(19)21/h5-8H,3-4,9H2,1-2H3,(H,17,21). The fourth-order valence-corrected chi connectivity index (χ4v) is 2.62. The number of nitrogens with one attached hydrogen (secondary N) is 1. The monoisotopic (exact) mass is 299 g/mol. The topological polar surface area (TPSA) is 80.9 Å². The van der Waals surface area contributed by atoms with E-state index in [1.165, 1.54) is 4.57 Å². The van der Waals surface area contributed by atoms with Gasteiger partial charge in [0.1, 0.15) is 5.76 Å². The second-order valence-corrected chi connectivity index (χ2v) is 5.11. The number of benzene rings is 1. The van der Waals surface area contributed by atoms with Gasteiger partial charge >= 0.3 is 5.69 Å². The molecule has 0 saturated heterocycles. The Morgan fingerprint density at radius 3 is 2.68 bits per heavy atom. The summed E-state index contributed by atoms with van der Waals surface area (Å²) in [6.45, 7) is 4.10. The molecule has 1 N–H and O–H groups in total. The van der Waals surface area contributed by atoms with E-state index in [4.69, 9.17) is 4.52 Å². The van der Waals surface area contributed by atoms with Crippen LogP contribution < -0.4 is 11.2 Å². The van der Waals surface area contributed by atoms with Gasteiger partial charge in [-0.3, -0.25) is 9.36 Å². The predicted molar refractivity (Wildman–Crippen MR) is 83.2 cm³/mol. The van der Waals surface area contributed by atoms with E-state index in [9.17, 15) is 9.59 Å². The molecule has 2 heterocycles. The van der Waals surface area contributed by atoms with Crippen molar-refractivity contribution in [2.45, 2.75) is 33.2 Å². The number of hydrogen-bond donors (Lipinski definition) is 1. The quantitative estimate of drug-likeness (QED) is 0.797. The molecule has 22 heavy (non-hydrogen) atoms. The molecule has 2 aromatic heterocycles. The molecule has 3 rings (SSSR count). The first-order valence-corrected chi connectivity index (χ1v) is 7.33. The van der Waals surface area contributed by atoms with Crippen molar-refractivity contribution in [1.29, 1.82) is 0 Å². The van der Waals surface area contributed by atoms with Crippen molar-refractivity contribution < 1.29 is 4.52 Å². The van der Waals surface area contributed by atoms with Crippen molar-refractivity contribution in [1.82, 2.24) is 14.7 Å². The smallest absolute Gasteiger partial charge is 0.329 e. The molecule has 0 aliphatic carbocycles. The average molecular weight is 299 g/mol. The van der Waals surface area contributed by atoms with Gasteiger partial charge in [-0.15, -0.1) is 0 Å². The predicted octanol–water partition coefficient (Wildman–Crippen LogP) is 1.85. The first-order chi connectivity index (χ1) is 10.7. The lowest BCUT2D eigenvalue weighted by molar-refractivity contribution is 0.379. The van der Waals surface area contributed by atoms with E-state index in [-0.39, 0.29) is 12.1 Å². The van der Waals surface area contributed by atoms with Crippen molar-refractivity contribution in [2.75, 3.05) is 0 Å². The molecule has 114 valence electrons. The van der Waals surface area contributed by atoms with Crippen LogP contribution in [0.1, 0.15) is 30.9 Å². The maximum Gasteiger partial charge on any atom is 0.329 e. The van der Waals surface area contributed by atoms with E-state index in [1.54, 1.807) is 24.3 Å². The van der Waals surface area contributed by atoms with Crippen molar-refractivity contribution in [2.24, 2.45) is 0 Å². The Balaban J connectivity index is 2.18. The van der Waals surface area contributed by atoms with E-state index in [0.717, 1.165) is 17.0 Å². The van der Waals surface area contributed by atoms with Crippen LogP contribution in [-0.4, -0.2) is 14.7 Å². The second-order valence-electron chi connectivity index (χ2n) is 5.11. The number of H-pyrrole nitrogens is 1. The molecule has 0 amide bonds. The number of nitrogens with zero attached hydrogens (tertiary/aromatic N) is 2. The Hall–Kier alpha value is -2.63. The minimum absolute atomic E-state index is 0.175. The molecule has 1 aromatic carbocycles. The molecule has 0 unspecified atom stereocenters. The van der Waals surface area contributed by atoms with E-state index in [2.05, 4.69) is 10.1 Å². The van der Waals surface area contributed by atoms with E-state index in [0.29, 0.717) is 23.7 Å². The van der Waals surface area contributed by atoms with Crippen molar-refractivity contribution >= 4 is 10.9 Å². The molecular formula is C16H17N3O3. The molecule has 3 aromatic rings. The van der Waals surface area contributed by atoms with Crippen LogP contribution in [0.4, 0.5) is 0 Å². The lowest BCUT2D eigenvalue weighted by Crippen LogP contribution is -2.35. The lowest BCUT2D eigenvalue weighted by atomic mass is 10.1. The average Bonchev–Trinajstić information content (AvgIpc) is 2.93. The van der Waals surface area contributed by atoms with Crippen LogP contribution in [-0.2, 0) is 19.4 Å². The van der Waals surface area contributed by atoms with E-state index in [1.807, 2.05) is 13.8 Å². The van der Waals surface area contributed by atoms with Gasteiger partial charge in [0.2, 0.25) is 0 Å². The molecule has 0 fully saturated rings. The summed E-state index contributed by atoms with van der Waals surface area (Å²) < 4.78 is 6.50. The van der Waals surface area contributed by atoms with Crippen LogP contribution in [0.25, 0.3) is 10.9 Å². The largest absolute Gasteiger partial charge is 0.361 e. The van der Waals surface area contributed by atoms with Crippen LogP contribution in [0.5, 0.6) is 0 Å². The number of fused-ring (bicyclic) bond motifs is 1. The Morgan fingerprint density at radius 2 is 1.95 bits per heavy atom. The van der Waals surface area contributed by atoms with Crippen LogP contribution in [0.15, 0.2) is 38.4 Å². The normalized spacial score (nSPS) is 11.2. The summed E-state index contributed by atoms with van der Waals surface area (Å²) in [5.74, 6) is 0.719. The molecule has 6 heteroatoms. The summed E-state index contributed by atoms with van der Waals surface area (Å²) in [4.78, 5) is 27.5. The third-order valence-electron chi connectivity index (χ3n) is 3.81. The maximum absolute atomic E-state index is 12.6. The first-order valence-electron chi connectivity index (χ1n) is 7.33. The number of aromatic amines is 1. The van der Waals surface area contributed by atoms with Gasteiger partial charge in [-0.2, -0.15) is 0 Å². The fourth-order valence-electron chi connectivity index (χ4n) is 2.62.